The molecule has 2 N–H and O–H groups in total. The summed E-state index contributed by atoms with van der Waals surface area (Å²) in [4.78, 5) is 13.7. The molecule has 0 bridgehead atoms. The molecule has 20 heavy (non-hydrogen) atoms. The first-order valence-corrected chi connectivity index (χ1v) is 6.41. The van der Waals surface area contributed by atoms with E-state index in [1.807, 2.05) is 18.2 Å². The number of anilines is 1. The standard InChI is InChI=1S/C15H14ClFN2O/c1-19(9-10-5-2-3-8-13(10)18)15(20)11-6-4-7-12(17)14(11)16/h2-8H,9,18H2,1H3. The van der Waals surface area contributed by atoms with Crippen LogP contribution in [0.25, 0.3) is 0 Å². The number of carbonyl (C=O) groups is 1. The van der Waals surface area contributed by atoms with Crippen molar-refractivity contribution in [2.24, 2.45) is 0 Å². The summed E-state index contributed by atoms with van der Waals surface area (Å²) in [5.74, 6) is -0.956. The number of nitrogens with two attached hydrogens (primary N) is 1. The van der Waals surface area contributed by atoms with Gasteiger partial charge in [-0.1, -0.05) is 35.9 Å². The van der Waals surface area contributed by atoms with Crippen LogP contribution in [0.5, 0.6) is 0 Å². The molecule has 0 aromatic heterocycles. The number of amides is 1. The highest BCUT2D eigenvalue weighted by atomic mass is 35.5. The Hall–Kier alpha value is -2.07. The summed E-state index contributed by atoms with van der Waals surface area (Å²) in [6, 6.07) is 11.4. The van der Waals surface area contributed by atoms with Gasteiger partial charge >= 0.3 is 0 Å². The molecule has 0 saturated carbocycles. The van der Waals surface area contributed by atoms with Crippen LogP contribution in [0.2, 0.25) is 5.02 Å². The minimum atomic E-state index is -0.606. The zero-order valence-corrected chi connectivity index (χ0v) is 11.7. The van der Waals surface area contributed by atoms with Crippen molar-refractivity contribution in [2.45, 2.75) is 6.54 Å². The third kappa shape index (κ3) is 2.91. The molecule has 0 aliphatic carbocycles. The number of nitrogens with zero attached hydrogens (tertiary/aromatic N) is 1. The van der Waals surface area contributed by atoms with E-state index >= 15 is 0 Å². The normalized spacial score (nSPS) is 10.3. The molecule has 0 radical (unpaired) electrons. The molecule has 0 fully saturated rings. The SMILES string of the molecule is CN(Cc1ccccc1N)C(=O)c1cccc(F)c1Cl. The van der Waals surface area contributed by atoms with Crippen LogP contribution in [-0.4, -0.2) is 17.9 Å². The lowest BCUT2D eigenvalue weighted by molar-refractivity contribution is 0.0785. The number of hydrogen-bond donors (Lipinski definition) is 1. The van der Waals surface area contributed by atoms with Gasteiger partial charge in [-0.2, -0.15) is 0 Å². The van der Waals surface area contributed by atoms with Crippen molar-refractivity contribution in [1.29, 1.82) is 0 Å². The van der Waals surface area contributed by atoms with E-state index in [0.29, 0.717) is 12.2 Å². The van der Waals surface area contributed by atoms with E-state index in [1.54, 1.807) is 13.1 Å². The number of rotatable bonds is 3. The average molecular weight is 293 g/mol. The highest BCUT2D eigenvalue weighted by molar-refractivity contribution is 6.33. The smallest absolute Gasteiger partial charge is 0.255 e. The lowest BCUT2D eigenvalue weighted by Crippen LogP contribution is -2.27. The molecular weight excluding hydrogens is 279 g/mol. The third-order valence-electron chi connectivity index (χ3n) is 2.99. The van der Waals surface area contributed by atoms with Crippen molar-refractivity contribution in [2.75, 3.05) is 12.8 Å². The van der Waals surface area contributed by atoms with Gasteiger partial charge in [0.2, 0.25) is 0 Å². The van der Waals surface area contributed by atoms with Crippen LogP contribution in [0.15, 0.2) is 42.5 Å². The van der Waals surface area contributed by atoms with Crippen molar-refractivity contribution in [3.8, 4) is 0 Å². The van der Waals surface area contributed by atoms with Gasteiger partial charge in [0, 0.05) is 19.3 Å². The largest absolute Gasteiger partial charge is 0.398 e. The fraction of sp³-hybridized carbons (Fsp3) is 0.133. The predicted molar refractivity (Wildman–Crippen MR) is 78.1 cm³/mol. The van der Waals surface area contributed by atoms with E-state index < -0.39 is 5.82 Å². The number of carbonyl (C=O) groups excluding carboxylic acids is 1. The van der Waals surface area contributed by atoms with Crippen LogP contribution in [0.1, 0.15) is 15.9 Å². The number of para-hydroxylation sites is 1. The Kier molecular flexibility index (Phi) is 4.25. The van der Waals surface area contributed by atoms with Gasteiger partial charge in [-0.15, -0.1) is 0 Å². The highest BCUT2D eigenvalue weighted by Crippen LogP contribution is 2.22. The Labute approximate surface area is 121 Å². The van der Waals surface area contributed by atoms with E-state index in [-0.39, 0.29) is 16.5 Å². The molecule has 0 atom stereocenters. The molecule has 104 valence electrons. The second-order valence-corrected chi connectivity index (χ2v) is 4.84. The summed E-state index contributed by atoms with van der Waals surface area (Å²) in [7, 11) is 1.62. The van der Waals surface area contributed by atoms with Crippen LogP contribution in [0.3, 0.4) is 0 Å². The van der Waals surface area contributed by atoms with Gasteiger partial charge in [0.25, 0.3) is 5.91 Å². The predicted octanol–water partition coefficient (Wildman–Crippen LogP) is 3.33. The fourth-order valence-corrected chi connectivity index (χ4v) is 2.09. The van der Waals surface area contributed by atoms with Gasteiger partial charge in [-0.25, -0.2) is 4.39 Å². The van der Waals surface area contributed by atoms with Crippen molar-refractivity contribution >= 4 is 23.2 Å². The Morgan fingerprint density at radius 1 is 1.25 bits per heavy atom. The zero-order chi connectivity index (χ0) is 14.7. The summed E-state index contributed by atoms with van der Waals surface area (Å²) in [5, 5.41) is -0.162. The molecular formula is C15H14ClFN2O. The molecule has 0 spiro atoms. The molecule has 0 heterocycles. The van der Waals surface area contributed by atoms with Crippen molar-refractivity contribution in [3.05, 3.63) is 64.4 Å². The summed E-state index contributed by atoms with van der Waals surface area (Å²) >= 11 is 5.82. The van der Waals surface area contributed by atoms with Gasteiger partial charge in [0.05, 0.1) is 10.6 Å². The lowest BCUT2D eigenvalue weighted by Gasteiger charge is -2.19. The summed E-state index contributed by atoms with van der Waals surface area (Å²) < 4.78 is 13.4. The number of halogens is 2. The van der Waals surface area contributed by atoms with Crippen LogP contribution < -0.4 is 5.73 Å². The quantitative estimate of drug-likeness (QED) is 0.882. The number of nitrogen functional groups attached to an aromatic ring is 1. The highest BCUT2D eigenvalue weighted by Gasteiger charge is 2.17. The zero-order valence-electron chi connectivity index (χ0n) is 10.9. The molecule has 5 heteroatoms. The maximum absolute atomic E-state index is 13.4. The monoisotopic (exact) mass is 292 g/mol. The van der Waals surface area contributed by atoms with Crippen LogP contribution in [0, 0.1) is 5.82 Å². The maximum Gasteiger partial charge on any atom is 0.255 e. The maximum atomic E-state index is 13.4. The first kappa shape index (κ1) is 14.3. The molecule has 3 nitrogen and oxygen atoms in total. The second kappa shape index (κ2) is 5.92. The second-order valence-electron chi connectivity index (χ2n) is 4.46. The lowest BCUT2D eigenvalue weighted by atomic mass is 10.1. The average Bonchev–Trinajstić information content (AvgIpc) is 2.43. The van der Waals surface area contributed by atoms with Crippen LogP contribution >= 0.6 is 11.6 Å². The molecule has 0 unspecified atom stereocenters. The minimum absolute atomic E-state index is 0.142. The summed E-state index contributed by atoms with van der Waals surface area (Å²) in [6.07, 6.45) is 0. The first-order valence-electron chi connectivity index (χ1n) is 6.03. The van der Waals surface area contributed by atoms with Gasteiger partial charge in [0.15, 0.2) is 0 Å². The van der Waals surface area contributed by atoms with E-state index in [4.69, 9.17) is 17.3 Å². The van der Waals surface area contributed by atoms with Gasteiger partial charge in [0.1, 0.15) is 5.82 Å². The summed E-state index contributed by atoms with van der Waals surface area (Å²) in [5.41, 5.74) is 7.42. The fourth-order valence-electron chi connectivity index (χ4n) is 1.88. The van der Waals surface area contributed by atoms with Crippen molar-refractivity contribution in [1.82, 2.24) is 4.90 Å². The number of benzene rings is 2. The van der Waals surface area contributed by atoms with E-state index in [1.165, 1.54) is 23.1 Å². The molecule has 2 rings (SSSR count). The Bertz CT molecular complexity index is 646. The van der Waals surface area contributed by atoms with Gasteiger partial charge < -0.3 is 10.6 Å². The van der Waals surface area contributed by atoms with Crippen LogP contribution in [0.4, 0.5) is 10.1 Å². The Morgan fingerprint density at radius 3 is 2.65 bits per heavy atom. The van der Waals surface area contributed by atoms with Crippen molar-refractivity contribution < 1.29 is 9.18 Å². The molecule has 2 aromatic carbocycles. The van der Waals surface area contributed by atoms with Crippen molar-refractivity contribution in [3.63, 3.8) is 0 Å². The minimum Gasteiger partial charge on any atom is -0.398 e. The topological polar surface area (TPSA) is 46.3 Å². The van der Waals surface area contributed by atoms with E-state index in [2.05, 4.69) is 0 Å². The Balaban J connectivity index is 2.21. The molecule has 0 aliphatic rings. The molecule has 0 aliphatic heterocycles. The van der Waals surface area contributed by atoms with E-state index in [0.717, 1.165) is 5.56 Å². The van der Waals surface area contributed by atoms with Gasteiger partial charge in [-0.3, -0.25) is 4.79 Å². The van der Waals surface area contributed by atoms with E-state index in [9.17, 15) is 9.18 Å². The molecule has 2 aromatic rings. The Morgan fingerprint density at radius 2 is 1.95 bits per heavy atom. The molecule has 0 saturated heterocycles. The summed E-state index contributed by atoms with van der Waals surface area (Å²) in [6.45, 7) is 0.332. The first-order chi connectivity index (χ1) is 9.50. The number of hydrogen-bond acceptors (Lipinski definition) is 2. The molecule has 1 amide bonds. The third-order valence-corrected chi connectivity index (χ3v) is 3.38. The van der Waals surface area contributed by atoms with Gasteiger partial charge in [-0.05, 0) is 23.8 Å². The van der Waals surface area contributed by atoms with Crippen LogP contribution in [-0.2, 0) is 6.54 Å².